The molecule has 1 aliphatic rings. The molecule has 1 saturated heterocycles. The van der Waals surface area contributed by atoms with Crippen LogP contribution in [-0.4, -0.2) is 34.6 Å². The van der Waals surface area contributed by atoms with Gasteiger partial charge in [-0.25, -0.2) is 13.8 Å². The molecule has 0 amide bonds. The van der Waals surface area contributed by atoms with E-state index >= 15 is 0 Å². The van der Waals surface area contributed by atoms with Crippen molar-refractivity contribution in [1.82, 2.24) is 14.9 Å². The molecular weight excluding hydrogens is 336 g/mol. The Labute approximate surface area is 150 Å². The summed E-state index contributed by atoms with van der Waals surface area (Å²) in [6, 6.07) is 12.8. The number of nitrogens with one attached hydrogen (secondary N) is 1. The molecule has 4 rings (SSSR count). The second kappa shape index (κ2) is 7.35. The fraction of sp³-hybridized carbons (Fsp3) is 0.250. The van der Waals surface area contributed by atoms with Crippen LogP contribution >= 0.6 is 0 Å². The van der Waals surface area contributed by atoms with Crippen LogP contribution in [0.25, 0.3) is 11.3 Å². The molecule has 0 saturated carbocycles. The summed E-state index contributed by atoms with van der Waals surface area (Å²) in [4.78, 5) is 10.1. The van der Waals surface area contributed by atoms with Crippen LogP contribution in [0.1, 0.15) is 17.4 Å². The summed E-state index contributed by atoms with van der Waals surface area (Å²) in [5.41, 5.74) is 2.77. The normalized spacial score (nSPS) is 18.2. The highest BCUT2D eigenvalue weighted by atomic mass is 19.1. The molecule has 3 aromatic rings. The number of morpholine rings is 1. The first kappa shape index (κ1) is 16.9. The van der Waals surface area contributed by atoms with Gasteiger partial charge in [-0.2, -0.15) is 0 Å². The number of benzene rings is 2. The average Bonchev–Trinajstić information content (AvgIpc) is 3.15. The van der Waals surface area contributed by atoms with E-state index in [1.807, 2.05) is 0 Å². The fourth-order valence-corrected chi connectivity index (χ4v) is 3.19. The summed E-state index contributed by atoms with van der Waals surface area (Å²) in [6.07, 6.45) is 1.76. The standard InChI is InChI=1S/C20H19F2N3O/c21-16-5-1-14(2-6-16)12-25-9-10-26-13-19(25)20-23-11-18(24-20)15-3-7-17(22)8-4-15/h1-8,11,19H,9-10,12-13H2,(H,23,24)/t19-/m0/s1. The minimum absolute atomic E-state index is 0.0111. The predicted molar refractivity (Wildman–Crippen MR) is 94.4 cm³/mol. The van der Waals surface area contributed by atoms with Crippen molar-refractivity contribution in [2.24, 2.45) is 0 Å². The number of H-pyrrole nitrogens is 1. The molecular formula is C20H19F2N3O. The Morgan fingerprint density at radius 1 is 1.04 bits per heavy atom. The molecule has 1 fully saturated rings. The van der Waals surface area contributed by atoms with Gasteiger partial charge in [-0.05, 0) is 47.5 Å². The van der Waals surface area contributed by atoms with Crippen LogP contribution in [0.5, 0.6) is 0 Å². The van der Waals surface area contributed by atoms with Crippen LogP contribution in [0.15, 0.2) is 54.7 Å². The lowest BCUT2D eigenvalue weighted by molar-refractivity contribution is -0.0156. The Hall–Kier alpha value is -2.57. The van der Waals surface area contributed by atoms with Crippen LogP contribution in [-0.2, 0) is 11.3 Å². The highest BCUT2D eigenvalue weighted by Crippen LogP contribution is 2.26. The monoisotopic (exact) mass is 355 g/mol. The molecule has 0 radical (unpaired) electrons. The first-order valence-corrected chi connectivity index (χ1v) is 8.56. The maximum atomic E-state index is 13.1. The molecule has 1 aromatic heterocycles. The van der Waals surface area contributed by atoms with Gasteiger partial charge < -0.3 is 9.72 Å². The number of hydrogen-bond acceptors (Lipinski definition) is 3. The van der Waals surface area contributed by atoms with Gasteiger partial charge in [0.2, 0.25) is 0 Å². The minimum Gasteiger partial charge on any atom is -0.378 e. The van der Waals surface area contributed by atoms with Crippen LogP contribution in [0, 0.1) is 11.6 Å². The van der Waals surface area contributed by atoms with Gasteiger partial charge in [-0.3, -0.25) is 4.90 Å². The second-order valence-electron chi connectivity index (χ2n) is 6.38. The van der Waals surface area contributed by atoms with Crippen molar-refractivity contribution in [3.8, 4) is 11.3 Å². The van der Waals surface area contributed by atoms with Gasteiger partial charge in [0.05, 0.1) is 31.1 Å². The molecule has 1 N–H and O–H groups in total. The number of rotatable bonds is 4. The number of aromatic nitrogens is 2. The van der Waals surface area contributed by atoms with Crippen LogP contribution in [0.3, 0.4) is 0 Å². The summed E-state index contributed by atoms with van der Waals surface area (Å²) in [5.74, 6) is 0.313. The zero-order chi connectivity index (χ0) is 17.9. The van der Waals surface area contributed by atoms with Gasteiger partial charge in [0, 0.05) is 13.1 Å². The van der Waals surface area contributed by atoms with Crippen molar-refractivity contribution in [2.75, 3.05) is 19.8 Å². The third kappa shape index (κ3) is 3.66. The lowest BCUT2D eigenvalue weighted by atomic mass is 10.1. The van der Waals surface area contributed by atoms with E-state index in [2.05, 4.69) is 14.9 Å². The van der Waals surface area contributed by atoms with Gasteiger partial charge in [0.25, 0.3) is 0 Å². The summed E-state index contributed by atoms with van der Waals surface area (Å²) in [5, 5.41) is 0. The molecule has 0 unspecified atom stereocenters. The van der Waals surface area contributed by atoms with E-state index in [9.17, 15) is 8.78 Å². The van der Waals surface area contributed by atoms with Gasteiger partial charge >= 0.3 is 0 Å². The Bertz CT molecular complexity index is 862. The average molecular weight is 355 g/mol. The number of nitrogens with zero attached hydrogens (tertiary/aromatic N) is 2. The van der Waals surface area contributed by atoms with Gasteiger partial charge in [-0.1, -0.05) is 12.1 Å². The van der Waals surface area contributed by atoms with E-state index in [0.29, 0.717) is 19.8 Å². The maximum Gasteiger partial charge on any atom is 0.126 e. The molecule has 6 heteroatoms. The Morgan fingerprint density at radius 2 is 1.73 bits per heavy atom. The zero-order valence-corrected chi connectivity index (χ0v) is 14.2. The summed E-state index contributed by atoms with van der Waals surface area (Å²) >= 11 is 0. The fourth-order valence-electron chi connectivity index (χ4n) is 3.19. The largest absolute Gasteiger partial charge is 0.378 e. The van der Waals surface area contributed by atoms with E-state index in [0.717, 1.165) is 29.2 Å². The zero-order valence-electron chi connectivity index (χ0n) is 14.2. The maximum absolute atomic E-state index is 13.1. The van der Waals surface area contributed by atoms with Gasteiger partial charge in [0.1, 0.15) is 17.5 Å². The van der Waals surface area contributed by atoms with Gasteiger partial charge in [-0.15, -0.1) is 0 Å². The second-order valence-corrected chi connectivity index (χ2v) is 6.38. The smallest absolute Gasteiger partial charge is 0.126 e. The molecule has 2 heterocycles. The van der Waals surface area contributed by atoms with Crippen molar-refractivity contribution in [2.45, 2.75) is 12.6 Å². The van der Waals surface area contributed by atoms with Gasteiger partial charge in [0.15, 0.2) is 0 Å². The number of imidazole rings is 1. The van der Waals surface area contributed by atoms with Crippen molar-refractivity contribution in [3.05, 3.63) is 77.8 Å². The SMILES string of the molecule is Fc1ccc(CN2CCOC[C@H]2c2ncc(-c3ccc(F)cc3)[nH]2)cc1. The molecule has 134 valence electrons. The Morgan fingerprint density at radius 3 is 2.46 bits per heavy atom. The molecule has 4 nitrogen and oxygen atoms in total. The van der Waals surface area contributed by atoms with Crippen molar-refractivity contribution < 1.29 is 13.5 Å². The Kier molecular flexibility index (Phi) is 4.77. The van der Waals surface area contributed by atoms with Crippen LogP contribution in [0.4, 0.5) is 8.78 Å². The van der Waals surface area contributed by atoms with Crippen molar-refractivity contribution in [3.63, 3.8) is 0 Å². The van der Waals surface area contributed by atoms with Crippen molar-refractivity contribution >= 4 is 0 Å². The summed E-state index contributed by atoms with van der Waals surface area (Å²) < 4.78 is 31.9. The highest BCUT2D eigenvalue weighted by Gasteiger charge is 2.27. The van der Waals surface area contributed by atoms with Crippen molar-refractivity contribution in [1.29, 1.82) is 0 Å². The number of halogens is 2. The quantitative estimate of drug-likeness (QED) is 0.771. The number of hydrogen-bond donors (Lipinski definition) is 1. The first-order chi connectivity index (χ1) is 12.7. The third-order valence-corrected chi connectivity index (χ3v) is 4.60. The number of aromatic amines is 1. The third-order valence-electron chi connectivity index (χ3n) is 4.60. The predicted octanol–water partition coefficient (Wildman–Crippen LogP) is 3.93. The Balaban J connectivity index is 1.54. The molecule has 1 aliphatic heterocycles. The van der Waals surface area contributed by atoms with E-state index in [1.165, 1.54) is 24.3 Å². The molecule has 2 aromatic carbocycles. The van der Waals surface area contributed by atoms with E-state index < -0.39 is 0 Å². The first-order valence-electron chi connectivity index (χ1n) is 8.56. The van der Waals surface area contributed by atoms with E-state index in [4.69, 9.17) is 4.74 Å². The summed E-state index contributed by atoms with van der Waals surface area (Å²) in [7, 11) is 0. The van der Waals surface area contributed by atoms with Crippen LogP contribution in [0.2, 0.25) is 0 Å². The molecule has 1 atom stereocenters. The molecule has 0 bridgehead atoms. The topological polar surface area (TPSA) is 41.1 Å². The highest BCUT2D eigenvalue weighted by molar-refractivity contribution is 5.58. The molecule has 0 aliphatic carbocycles. The summed E-state index contributed by atoms with van der Waals surface area (Å²) in [6.45, 7) is 2.66. The lowest BCUT2D eigenvalue weighted by Gasteiger charge is -2.34. The molecule has 26 heavy (non-hydrogen) atoms. The number of ether oxygens (including phenoxy) is 1. The molecule has 0 spiro atoms. The van der Waals surface area contributed by atoms with Crippen LogP contribution < -0.4 is 0 Å². The lowest BCUT2D eigenvalue weighted by Crippen LogP contribution is -2.39. The minimum atomic E-state index is -0.264. The van der Waals surface area contributed by atoms with E-state index in [1.54, 1.807) is 30.5 Å². The van der Waals surface area contributed by atoms with E-state index in [-0.39, 0.29) is 17.7 Å².